The van der Waals surface area contributed by atoms with E-state index in [2.05, 4.69) is 20.0 Å². The average Bonchev–Trinajstić information content (AvgIpc) is 3.01. The molecule has 1 aliphatic rings. The number of amides is 1. The summed E-state index contributed by atoms with van der Waals surface area (Å²) in [5.74, 6) is 1.46. The molecule has 134 valence electrons. The van der Waals surface area contributed by atoms with Crippen LogP contribution in [0.25, 0.3) is 0 Å². The number of aryl methyl sites for hydroxylation is 1. The maximum atomic E-state index is 12.5. The normalized spacial score (nSPS) is 15.7. The molecule has 8 heteroatoms. The molecule has 0 radical (unpaired) electrons. The Morgan fingerprint density at radius 3 is 2.60 bits per heavy atom. The SMILES string of the molecule is Cc1nc(CN2CCN(C(=O)CN(C)Cc3ccncc3)CC2)no1. The van der Waals surface area contributed by atoms with Crippen molar-refractivity contribution < 1.29 is 9.32 Å². The predicted octanol–water partition coefficient (Wildman–Crippen LogP) is 0.549. The number of pyridine rings is 1. The molecule has 0 unspecified atom stereocenters. The molecule has 1 aliphatic heterocycles. The number of rotatable bonds is 6. The maximum Gasteiger partial charge on any atom is 0.236 e. The van der Waals surface area contributed by atoms with Gasteiger partial charge >= 0.3 is 0 Å². The number of likely N-dealkylation sites (N-methyl/N-ethyl adjacent to an activating group) is 1. The van der Waals surface area contributed by atoms with Crippen LogP contribution in [0, 0.1) is 6.92 Å². The fourth-order valence-electron chi connectivity index (χ4n) is 2.95. The summed E-state index contributed by atoms with van der Waals surface area (Å²) in [5, 5.41) is 3.92. The molecule has 1 fully saturated rings. The third kappa shape index (κ3) is 5.07. The fourth-order valence-corrected chi connectivity index (χ4v) is 2.95. The first-order valence-corrected chi connectivity index (χ1v) is 8.47. The third-order valence-electron chi connectivity index (χ3n) is 4.27. The van der Waals surface area contributed by atoms with E-state index >= 15 is 0 Å². The van der Waals surface area contributed by atoms with Gasteiger partial charge in [0.25, 0.3) is 0 Å². The van der Waals surface area contributed by atoms with Crippen molar-refractivity contribution in [3.8, 4) is 0 Å². The molecule has 0 aliphatic carbocycles. The van der Waals surface area contributed by atoms with Crippen molar-refractivity contribution in [1.29, 1.82) is 0 Å². The van der Waals surface area contributed by atoms with Crippen molar-refractivity contribution in [3.63, 3.8) is 0 Å². The summed E-state index contributed by atoms with van der Waals surface area (Å²) in [6, 6.07) is 3.94. The van der Waals surface area contributed by atoms with Crippen molar-refractivity contribution in [2.24, 2.45) is 0 Å². The highest BCUT2D eigenvalue weighted by molar-refractivity contribution is 5.78. The molecule has 3 rings (SSSR count). The lowest BCUT2D eigenvalue weighted by atomic mass is 10.2. The molecule has 3 heterocycles. The molecule has 0 spiro atoms. The average molecular weight is 344 g/mol. The standard InChI is InChI=1S/C17H24N6O2/c1-14-19-16(20-25-14)12-22-7-9-23(10-8-22)17(24)13-21(2)11-15-3-5-18-6-4-15/h3-6H,7-13H2,1-2H3. The molecule has 2 aromatic rings. The summed E-state index contributed by atoms with van der Waals surface area (Å²) < 4.78 is 5.00. The Kier molecular flexibility index (Phi) is 5.72. The highest BCUT2D eigenvalue weighted by Gasteiger charge is 2.22. The molecule has 0 saturated carbocycles. The third-order valence-corrected chi connectivity index (χ3v) is 4.27. The van der Waals surface area contributed by atoms with Gasteiger partial charge in [0.15, 0.2) is 5.82 Å². The Balaban J connectivity index is 1.42. The van der Waals surface area contributed by atoms with Gasteiger partial charge in [-0.3, -0.25) is 19.6 Å². The molecular weight excluding hydrogens is 320 g/mol. The molecule has 0 atom stereocenters. The summed E-state index contributed by atoms with van der Waals surface area (Å²) in [6.45, 7) is 6.74. The van der Waals surface area contributed by atoms with Crippen molar-refractivity contribution in [3.05, 3.63) is 41.8 Å². The largest absolute Gasteiger partial charge is 0.340 e. The zero-order valence-electron chi connectivity index (χ0n) is 14.8. The predicted molar refractivity (Wildman–Crippen MR) is 91.5 cm³/mol. The zero-order valence-corrected chi connectivity index (χ0v) is 14.8. The minimum Gasteiger partial charge on any atom is -0.340 e. The van der Waals surface area contributed by atoms with E-state index in [9.17, 15) is 4.79 Å². The first kappa shape index (κ1) is 17.5. The number of hydrogen-bond acceptors (Lipinski definition) is 7. The van der Waals surface area contributed by atoms with E-state index in [4.69, 9.17) is 4.52 Å². The lowest BCUT2D eigenvalue weighted by molar-refractivity contribution is -0.134. The number of piperazine rings is 1. The first-order chi connectivity index (χ1) is 12.1. The van der Waals surface area contributed by atoms with E-state index in [1.165, 1.54) is 0 Å². The number of hydrogen-bond donors (Lipinski definition) is 0. The maximum absolute atomic E-state index is 12.5. The van der Waals surface area contributed by atoms with Crippen molar-refractivity contribution >= 4 is 5.91 Å². The summed E-state index contributed by atoms with van der Waals surface area (Å²) >= 11 is 0. The van der Waals surface area contributed by atoms with Crippen LogP contribution in [0.4, 0.5) is 0 Å². The van der Waals surface area contributed by atoms with Crippen LogP contribution in [-0.4, -0.2) is 75.5 Å². The summed E-state index contributed by atoms with van der Waals surface area (Å²) in [4.78, 5) is 26.9. The smallest absolute Gasteiger partial charge is 0.236 e. The highest BCUT2D eigenvalue weighted by Crippen LogP contribution is 2.08. The van der Waals surface area contributed by atoms with Crippen LogP contribution in [0.5, 0.6) is 0 Å². The summed E-state index contributed by atoms with van der Waals surface area (Å²) in [5.41, 5.74) is 1.16. The summed E-state index contributed by atoms with van der Waals surface area (Å²) in [6.07, 6.45) is 3.55. The number of nitrogens with zero attached hydrogens (tertiary/aromatic N) is 6. The van der Waals surface area contributed by atoms with Gasteiger partial charge in [0.2, 0.25) is 11.8 Å². The van der Waals surface area contributed by atoms with Gasteiger partial charge in [0.1, 0.15) is 0 Å². The van der Waals surface area contributed by atoms with E-state index in [0.717, 1.165) is 38.3 Å². The van der Waals surface area contributed by atoms with Gasteiger partial charge in [-0.2, -0.15) is 4.98 Å². The number of carbonyl (C=O) groups excluding carboxylic acids is 1. The van der Waals surface area contributed by atoms with Gasteiger partial charge in [0, 0.05) is 52.0 Å². The summed E-state index contributed by atoms with van der Waals surface area (Å²) in [7, 11) is 1.97. The monoisotopic (exact) mass is 344 g/mol. The first-order valence-electron chi connectivity index (χ1n) is 8.47. The Morgan fingerprint density at radius 1 is 1.24 bits per heavy atom. The topological polar surface area (TPSA) is 78.6 Å². The quantitative estimate of drug-likeness (QED) is 0.757. The van der Waals surface area contributed by atoms with Crippen LogP contribution < -0.4 is 0 Å². The molecule has 1 saturated heterocycles. The Hall–Kier alpha value is -2.32. The zero-order chi connectivity index (χ0) is 17.6. The van der Waals surface area contributed by atoms with Gasteiger partial charge < -0.3 is 9.42 Å². The lowest BCUT2D eigenvalue weighted by Crippen LogP contribution is -2.50. The molecule has 0 N–H and O–H groups in total. The molecule has 8 nitrogen and oxygen atoms in total. The van der Waals surface area contributed by atoms with Crippen LogP contribution in [0.3, 0.4) is 0 Å². The van der Waals surface area contributed by atoms with Crippen LogP contribution in [0.15, 0.2) is 29.0 Å². The second kappa shape index (κ2) is 8.17. The van der Waals surface area contributed by atoms with Crippen molar-refractivity contribution in [2.75, 3.05) is 39.8 Å². The Bertz CT molecular complexity index is 681. The second-order valence-electron chi connectivity index (χ2n) is 6.41. The van der Waals surface area contributed by atoms with Crippen LogP contribution in [0.2, 0.25) is 0 Å². The van der Waals surface area contributed by atoms with Gasteiger partial charge in [-0.25, -0.2) is 0 Å². The minimum absolute atomic E-state index is 0.173. The number of carbonyl (C=O) groups is 1. The second-order valence-corrected chi connectivity index (χ2v) is 6.41. The highest BCUT2D eigenvalue weighted by atomic mass is 16.5. The van der Waals surface area contributed by atoms with Gasteiger partial charge in [-0.05, 0) is 24.7 Å². The van der Waals surface area contributed by atoms with E-state index < -0.39 is 0 Å². The van der Waals surface area contributed by atoms with E-state index in [1.807, 2.05) is 29.0 Å². The van der Waals surface area contributed by atoms with E-state index in [1.54, 1.807) is 19.3 Å². The van der Waals surface area contributed by atoms with Gasteiger partial charge in [-0.15, -0.1) is 0 Å². The molecule has 25 heavy (non-hydrogen) atoms. The van der Waals surface area contributed by atoms with Gasteiger partial charge in [0.05, 0.1) is 13.1 Å². The molecule has 0 aromatic carbocycles. The van der Waals surface area contributed by atoms with Crippen LogP contribution in [-0.2, 0) is 17.9 Å². The van der Waals surface area contributed by atoms with E-state index in [0.29, 0.717) is 24.8 Å². The van der Waals surface area contributed by atoms with Crippen LogP contribution >= 0.6 is 0 Å². The Morgan fingerprint density at radius 2 is 1.96 bits per heavy atom. The van der Waals surface area contributed by atoms with Gasteiger partial charge in [-0.1, -0.05) is 5.16 Å². The number of aromatic nitrogens is 3. The molecule has 0 bridgehead atoms. The fraction of sp³-hybridized carbons (Fsp3) is 0.529. The molecular formula is C17H24N6O2. The van der Waals surface area contributed by atoms with Crippen LogP contribution in [0.1, 0.15) is 17.3 Å². The van der Waals surface area contributed by atoms with Crippen molar-refractivity contribution in [2.45, 2.75) is 20.0 Å². The minimum atomic E-state index is 0.173. The van der Waals surface area contributed by atoms with Crippen molar-refractivity contribution in [1.82, 2.24) is 29.8 Å². The van der Waals surface area contributed by atoms with E-state index in [-0.39, 0.29) is 5.91 Å². The molecule has 1 amide bonds. The lowest BCUT2D eigenvalue weighted by Gasteiger charge is -2.34. The molecule has 2 aromatic heterocycles. The Labute approximate surface area is 147 Å².